The van der Waals surface area contributed by atoms with Crippen molar-refractivity contribution in [2.45, 2.75) is 24.2 Å². The monoisotopic (exact) mass is 778 g/mol. The standard InChI is InChI=1S/2C17H13F6N3O/c1-26-13-6-9(2-4-12(13)15(24)25-26)11-5-3-10(18)7-14(11)27-8-16(19,20)17(21,22)23;1-26-13-7-9(5-6-11(13)15(24)25-26)10-3-2-4-12(18)14(10)27-8-16(19,20)17(21,22)23/h2*2-7H,8H2,1H3,(H2,24,25). The summed E-state index contributed by atoms with van der Waals surface area (Å²) in [6, 6.07) is 16.0. The van der Waals surface area contributed by atoms with Crippen LogP contribution in [0.2, 0.25) is 0 Å². The van der Waals surface area contributed by atoms with Gasteiger partial charge in [-0.1, -0.05) is 24.3 Å². The van der Waals surface area contributed by atoms with Gasteiger partial charge in [0.05, 0.1) is 11.0 Å². The number of benzene rings is 4. The van der Waals surface area contributed by atoms with Gasteiger partial charge in [0.25, 0.3) is 0 Å². The highest BCUT2D eigenvalue weighted by molar-refractivity contribution is 5.94. The number of fused-ring (bicyclic) bond motifs is 2. The normalized spacial score (nSPS) is 12.6. The van der Waals surface area contributed by atoms with Crippen LogP contribution in [0.3, 0.4) is 0 Å². The van der Waals surface area contributed by atoms with Crippen molar-refractivity contribution in [1.29, 1.82) is 0 Å². The van der Waals surface area contributed by atoms with Crippen LogP contribution in [-0.4, -0.2) is 57.0 Å². The third-order valence-corrected chi connectivity index (χ3v) is 7.93. The molecule has 4 N–H and O–H groups in total. The summed E-state index contributed by atoms with van der Waals surface area (Å²) in [5, 5.41) is 9.31. The van der Waals surface area contributed by atoms with E-state index in [1.165, 1.54) is 33.6 Å². The van der Waals surface area contributed by atoms with Gasteiger partial charge in [0.1, 0.15) is 11.6 Å². The molecular weight excluding hydrogens is 752 g/mol. The van der Waals surface area contributed by atoms with E-state index >= 15 is 0 Å². The summed E-state index contributed by atoms with van der Waals surface area (Å²) < 4.78 is 166. The maximum absolute atomic E-state index is 14.1. The molecule has 0 spiro atoms. The molecule has 288 valence electrons. The second-order valence-corrected chi connectivity index (χ2v) is 11.7. The highest BCUT2D eigenvalue weighted by Gasteiger charge is 2.59. The van der Waals surface area contributed by atoms with Gasteiger partial charge >= 0.3 is 24.2 Å². The van der Waals surface area contributed by atoms with Crippen molar-refractivity contribution in [2.75, 3.05) is 24.7 Å². The number of halogens is 12. The van der Waals surface area contributed by atoms with Crippen molar-refractivity contribution in [3.8, 4) is 33.8 Å². The number of hydrogen-bond acceptors (Lipinski definition) is 6. The second kappa shape index (κ2) is 14.2. The van der Waals surface area contributed by atoms with Gasteiger partial charge in [-0.2, -0.15) is 54.1 Å². The van der Waals surface area contributed by atoms with Crippen molar-refractivity contribution < 1.29 is 62.2 Å². The van der Waals surface area contributed by atoms with Crippen molar-refractivity contribution >= 4 is 33.4 Å². The summed E-state index contributed by atoms with van der Waals surface area (Å²) in [6.45, 7) is -4.00. The van der Waals surface area contributed by atoms with Gasteiger partial charge in [-0.15, -0.1) is 0 Å². The predicted octanol–water partition coefficient (Wildman–Crippen LogP) is 9.08. The topological polar surface area (TPSA) is 106 Å². The molecule has 0 atom stereocenters. The quantitative estimate of drug-likeness (QED) is 0.150. The number of ether oxygens (including phenoxy) is 2. The molecule has 6 aromatic rings. The molecule has 0 unspecified atom stereocenters. The number of alkyl halides is 10. The molecule has 0 fully saturated rings. The number of nitrogens with two attached hydrogens (primary N) is 2. The molecule has 0 saturated carbocycles. The molecule has 0 aliphatic carbocycles. The first-order chi connectivity index (χ1) is 25.0. The molecule has 0 aliphatic rings. The Kier molecular flexibility index (Phi) is 10.4. The van der Waals surface area contributed by atoms with Gasteiger partial charge in [-0.25, -0.2) is 8.78 Å². The Morgan fingerprint density at radius 1 is 0.593 bits per heavy atom. The Hall–Kier alpha value is -5.82. The van der Waals surface area contributed by atoms with Gasteiger partial charge in [0.15, 0.2) is 36.4 Å². The fraction of sp³-hybridized carbons (Fsp3) is 0.235. The van der Waals surface area contributed by atoms with Crippen molar-refractivity contribution in [1.82, 2.24) is 19.6 Å². The average Bonchev–Trinajstić information content (AvgIpc) is 3.53. The van der Waals surface area contributed by atoms with Crippen LogP contribution in [0.25, 0.3) is 44.1 Å². The average molecular weight is 779 g/mol. The van der Waals surface area contributed by atoms with Gasteiger partial charge in [-0.05, 0) is 53.6 Å². The van der Waals surface area contributed by atoms with E-state index in [2.05, 4.69) is 19.7 Å². The minimum absolute atomic E-state index is 0.0228. The van der Waals surface area contributed by atoms with E-state index in [0.717, 1.165) is 18.2 Å². The Bertz CT molecular complexity index is 2320. The minimum atomic E-state index is -5.80. The summed E-state index contributed by atoms with van der Waals surface area (Å²) in [5.74, 6) is -12.7. The number of nitrogen functional groups attached to an aromatic ring is 2. The maximum Gasteiger partial charge on any atom is 0.456 e. The summed E-state index contributed by atoms with van der Waals surface area (Å²) in [6.07, 6.45) is -11.6. The number of aryl methyl sites for hydroxylation is 2. The number of aromatic nitrogens is 4. The molecule has 0 aliphatic heterocycles. The number of para-hydroxylation sites is 1. The lowest BCUT2D eigenvalue weighted by Gasteiger charge is -2.21. The van der Waals surface area contributed by atoms with E-state index in [9.17, 15) is 52.7 Å². The van der Waals surface area contributed by atoms with E-state index < -0.39 is 60.5 Å². The Labute approximate surface area is 296 Å². The first-order valence-corrected chi connectivity index (χ1v) is 15.2. The minimum Gasteiger partial charge on any atom is -0.486 e. The van der Waals surface area contributed by atoms with Gasteiger partial charge in [0.2, 0.25) is 0 Å². The molecule has 0 bridgehead atoms. The summed E-state index contributed by atoms with van der Waals surface area (Å²) >= 11 is 0. The van der Waals surface area contributed by atoms with Crippen LogP contribution in [-0.2, 0) is 14.1 Å². The predicted molar refractivity (Wildman–Crippen MR) is 174 cm³/mol. The number of nitrogens with zero attached hydrogens (tertiary/aromatic N) is 4. The van der Waals surface area contributed by atoms with Crippen molar-refractivity contribution in [3.63, 3.8) is 0 Å². The molecule has 0 saturated heterocycles. The molecule has 0 radical (unpaired) electrons. The molecule has 6 rings (SSSR count). The van der Waals surface area contributed by atoms with Gasteiger partial charge in [0, 0.05) is 42.1 Å². The first-order valence-electron chi connectivity index (χ1n) is 15.2. The number of anilines is 2. The van der Waals surface area contributed by atoms with Crippen LogP contribution in [0.1, 0.15) is 0 Å². The molecule has 54 heavy (non-hydrogen) atoms. The summed E-state index contributed by atoms with van der Waals surface area (Å²) in [7, 11) is 3.25. The Morgan fingerprint density at radius 3 is 1.57 bits per heavy atom. The molecule has 20 heteroatoms. The van der Waals surface area contributed by atoms with Gasteiger partial charge < -0.3 is 20.9 Å². The van der Waals surface area contributed by atoms with Gasteiger partial charge in [-0.3, -0.25) is 9.36 Å². The first kappa shape index (κ1) is 39.4. The zero-order chi connectivity index (χ0) is 40.0. The van der Waals surface area contributed by atoms with Crippen LogP contribution < -0.4 is 20.9 Å². The molecule has 2 heterocycles. The molecule has 0 amide bonds. The van der Waals surface area contributed by atoms with E-state index in [1.807, 2.05) is 0 Å². The third kappa shape index (κ3) is 7.91. The zero-order valence-corrected chi connectivity index (χ0v) is 27.6. The fourth-order valence-electron chi connectivity index (χ4n) is 5.14. The number of rotatable bonds is 8. The van der Waals surface area contributed by atoms with Crippen LogP contribution >= 0.6 is 0 Å². The Balaban J connectivity index is 0.000000208. The van der Waals surface area contributed by atoms with E-state index in [-0.39, 0.29) is 22.8 Å². The third-order valence-electron chi connectivity index (χ3n) is 7.93. The van der Waals surface area contributed by atoms with E-state index in [4.69, 9.17) is 11.5 Å². The molecular formula is C34H26F12N6O2. The van der Waals surface area contributed by atoms with Crippen LogP contribution in [0.15, 0.2) is 72.8 Å². The molecule has 2 aromatic heterocycles. The van der Waals surface area contributed by atoms with Crippen LogP contribution in [0, 0.1) is 11.6 Å². The zero-order valence-electron chi connectivity index (χ0n) is 27.6. The largest absolute Gasteiger partial charge is 0.486 e. The van der Waals surface area contributed by atoms with Crippen LogP contribution in [0.4, 0.5) is 64.3 Å². The van der Waals surface area contributed by atoms with E-state index in [0.29, 0.717) is 32.9 Å². The summed E-state index contributed by atoms with van der Waals surface area (Å²) in [5.41, 5.74) is 13.6. The molecule has 8 nitrogen and oxygen atoms in total. The summed E-state index contributed by atoms with van der Waals surface area (Å²) in [4.78, 5) is 0. The lowest BCUT2D eigenvalue weighted by molar-refractivity contribution is -0.290. The molecule has 4 aromatic carbocycles. The highest BCUT2D eigenvalue weighted by atomic mass is 19.4. The second-order valence-electron chi connectivity index (χ2n) is 11.7. The van der Waals surface area contributed by atoms with E-state index in [1.54, 1.807) is 44.4 Å². The van der Waals surface area contributed by atoms with Crippen molar-refractivity contribution in [2.24, 2.45) is 14.1 Å². The highest BCUT2D eigenvalue weighted by Crippen LogP contribution is 2.40. The number of hydrogen-bond donors (Lipinski definition) is 2. The Morgan fingerprint density at radius 2 is 1.07 bits per heavy atom. The lowest BCUT2D eigenvalue weighted by atomic mass is 10.0. The fourth-order valence-corrected chi connectivity index (χ4v) is 5.14. The van der Waals surface area contributed by atoms with Crippen LogP contribution in [0.5, 0.6) is 11.5 Å². The maximum atomic E-state index is 14.1. The van der Waals surface area contributed by atoms with Crippen molar-refractivity contribution in [3.05, 3.63) is 84.4 Å². The lowest BCUT2D eigenvalue weighted by Crippen LogP contribution is -2.41. The SMILES string of the molecule is Cn1nc(N)c2ccc(-c3ccc(F)cc3OCC(F)(F)C(F)(F)F)cc21.Cn1nc(N)c2ccc(-c3cccc(F)c3OCC(F)(F)C(F)(F)F)cc21. The smallest absolute Gasteiger partial charge is 0.456 e.